The van der Waals surface area contributed by atoms with Gasteiger partial charge in [-0.2, -0.15) is 0 Å². The van der Waals surface area contributed by atoms with E-state index in [0.29, 0.717) is 6.54 Å². The van der Waals surface area contributed by atoms with E-state index in [2.05, 4.69) is 5.32 Å². The topological polar surface area (TPSA) is 64.3 Å². The molecule has 0 aliphatic carbocycles. The number of hydrogen-bond donors (Lipinski definition) is 2. The molecular formula is C17H20N2O2. The standard InChI is InChI=1S/C17H20N2O2/c1-21-16(14-5-3-2-4-6-14)17(20)19-12-11-13-7-9-15(18)10-8-13/h2-10,16H,11-12,18H2,1H3,(H,19,20). The highest BCUT2D eigenvalue weighted by Crippen LogP contribution is 2.16. The minimum atomic E-state index is -0.572. The Morgan fingerprint density at radius 2 is 1.81 bits per heavy atom. The van der Waals surface area contributed by atoms with Crippen molar-refractivity contribution in [3.8, 4) is 0 Å². The van der Waals surface area contributed by atoms with Crippen LogP contribution >= 0.6 is 0 Å². The third kappa shape index (κ3) is 4.33. The molecule has 4 heteroatoms. The van der Waals surface area contributed by atoms with Crippen molar-refractivity contribution in [1.29, 1.82) is 0 Å². The molecule has 0 fully saturated rings. The predicted octanol–water partition coefficient (Wildman–Crippen LogP) is 2.32. The fourth-order valence-electron chi connectivity index (χ4n) is 2.13. The van der Waals surface area contributed by atoms with E-state index in [1.165, 1.54) is 7.11 Å². The first-order chi connectivity index (χ1) is 10.2. The zero-order valence-electron chi connectivity index (χ0n) is 12.1. The molecule has 0 saturated heterocycles. The quantitative estimate of drug-likeness (QED) is 0.800. The number of carbonyl (C=O) groups excluding carboxylic acids is 1. The van der Waals surface area contributed by atoms with E-state index in [9.17, 15) is 4.79 Å². The second kappa shape index (κ2) is 7.45. The van der Waals surface area contributed by atoms with Crippen LogP contribution in [0.25, 0.3) is 0 Å². The maximum Gasteiger partial charge on any atom is 0.253 e. The summed E-state index contributed by atoms with van der Waals surface area (Å²) in [4.78, 5) is 12.2. The summed E-state index contributed by atoms with van der Waals surface area (Å²) in [6.45, 7) is 0.565. The minimum Gasteiger partial charge on any atom is -0.399 e. The normalized spacial score (nSPS) is 11.9. The molecule has 2 aromatic carbocycles. The molecule has 0 aliphatic heterocycles. The second-order valence-electron chi connectivity index (χ2n) is 4.81. The van der Waals surface area contributed by atoms with Crippen LogP contribution in [-0.2, 0) is 16.0 Å². The summed E-state index contributed by atoms with van der Waals surface area (Å²) in [6, 6.07) is 17.1. The van der Waals surface area contributed by atoms with Crippen molar-refractivity contribution in [3.05, 3.63) is 65.7 Å². The van der Waals surface area contributed by atoms with Crippen molar-refractivity contribution in [2.75, 3.05) is 19.4 Å². The lowest BCUT2D eigenvalue weighted by molar-refractivity contribution is -0.131. The Kier molecular flexibility index (Phi) is 5.35. The van der Waals surface area contributed by atoms with E-state index in [1.807, 2.05) is 54.6 Å². The molecule has 0 spiro atoms. The van der Waals surface area contributed by atoms with Crippen LogP contribution < -0.4 is 11.1 Å². The molecule has 0 bridgehead atoms. The maximum atomic E-state index is 12.2. The number of ether oxygens (including phenoxy) is 1. The van der Waals surface area contributed by atoms with Crippen LogP contribution in [0.15, 0.2) is 54.6 Å². The van der Waals surface area contributed by atoms with Crippen LogP contribution in [-0.4, -0.2) is 19.6 Å². The molecule has 0 aromatic heterocycles. The Hall–Kier alpha value is -2.33. The van der Waals surface area contributed by atoms with Crippen LogP contribution in [0.1, 0.15) is 17.2 Å². The van der Waals surface area contributed by atoms with Gasteiger partial charge in [0.05, 0.1) is 0 Å². The first kappa shape index (κ1) is 15.1. The number of amides is 1. The highest BCUT2D eigenvalue weighted by atomic mass is 16.5. The van der Waals surface area contributed by atoms with E-state index in [1.54, 1.807) is 0 Å². The van der Waals surface area contributed by atoms with Gasteiger partial charge in [-0.3, -0.25) is 4.79 Å². The number of carbonyl (C=O) groups is 1. The van der Waals surface area contributed by atoms with Crippen LogP contribution in [0, 0.1) is 0 Å². The number of anilines is 1. The predicted molar refractivity (Wildman–Crippen MR) is 83.8 cm³/mol. The van der Waals surface area contributed by atoms with Gasteiger partial charge in [-0.05, 0) is 29.7 Å². The van der Waals surface area contributed by atoms with E-state index in [-0.39, 0.29) is 5.91 Å². The van der Waals surface area contributed by atoms with Gasteiger partial charge in [0.1, 0.15) is 0 Å². The van der Waals surface area contributed by atoms with Gasteiger partial charge in [-0.25, -0.2) is 0 Å². The molecule has 0 aliphatic rings. The van der Waals surface area contributed by atoms with Gasteiger partial charge in [0.25, 0.3) is 5.91 Å². The molecule has 0 radical (unpaired) electrons. The Balaban J connectivity index is 1.87. The number of nitrogens with two attached hydrogens (primary N) is 1. The number of nitrogen functional groups attached to an aromatic ring is 1. The highest BCUT2D eigenvalue weighted by molar-refractivity contribution is 5.82. The van der Waals surface area contributed by atoms with Crippen LogP contribution in [0.3, 0.4) is 0 Å². The Morgan fingerprint density at radius 3 is 2.43 bits per heavy atom. The van der Waals surface area contributed by atoms with Crippen molar-refractivity contribution in [2.45, 2.75) is 12.5 Å². The van der Waals surface area contributed by atoms with Crippen LogP contribution in [0.5, 0.6) is 0 Å². The zero-order chi connectivity index (χ0) is 15.1. The van der Waals surface area contributed by atoms with Crippen LogP contribution in [0.2, 0.25) is 0 Å². The van der Waals surface area contributed by atoms with E-state index in [4.69, 9.17) is 10.5 Å². The molecular weight excluding hydrogens is 264 g/mol. The first-order valence-corrected chi connectivity index (χ1v) is 6.90. The SMILES string of the molecule is COC(C(=O)NCCc1ccc(N)cc1)c1ccccc1. The molecule has 2 aromatic rings. The molecule has 1 amide bonds. The van der Waals surface area contributed by atoms with Gasteiger partial charge in [0, 0.05) is 19.3 Å². The lowest BCUT2D eigenvalue weighted by Gasteiger charge is -2.15. The van der Waals surface area contributed by atoms with Crippen LogP contribution in [0.4, 0.5) is 5.69 Å². The fraction of sp³-hybridized carbons (Fsp3) is 0.235. The van der Waals surface area contributed by atoms with Crippen molar-refractivity contribution >= 4 is 11.6 Å². The Labute approximate surface area is 124 Å². The lowest BCUT2D eigenvalue weighted by Crippen LogP contribution is -2.31. The van der Waals surface area contributed by atoms with Crippen molar-refractivity contribution < 1.29 is 9.53 Å². The van der Waals surface area contributed by atoms with Gasteiger partial charge in [0.15, 0.2) is 6.10 Å². The van der Waals surface area contributed by atoms with Gasteiger partial charge < -0.3 is 15.8 Å². The Morgan fingerprint density at radius 1 is 1.14 bits per heavy atom. The lowest BCUT2D eigenvalue weighted by atomic mass is 10.1. The highest BCUT2D eigenvalue weighted by Gasteiger charge is 2.18. The molecule has 0 heterocycles. The number of methoxy groups -OCH3 is 1. The van der Waals surface area contributed by atoms with Gasteiger partial charge in [-0.15, -0.1) is 0 Å². The minimum absolute atomic E-state index is 0.126. The average molecular weight is 284 g/mol. The van der Waals surface area contributed by atoms with Gasteiger partial charge >= 0.3 is 0 Å². The molecule has 21 heavy (non-hydrogen) atoms. The largest absolute Gasteiger partial charge is 0.399 e. The summed E-state index contributed by atoms with van der Waals surface area (Å²) in [5.41, 5.74) is 8.37. The third-order valence-corrected chi connectivity index (χ3v) is 3.27. The van der Waals surface area contributed by atoms with E-state index in [0.717, 1.165) is 23.2 Å². The second-order valence-corrected chi connectivity index (χ2v) is 4.81. The molecule has 1 atom stereocenters. The smallest absolute Gasteiger partial charge is 0.253 e. The fourth-order valence-corrected chi connectivity index (χ4v) is 2.13. The molecule has 2 rings (SSSR count). The number of benzene rings is 2. The molecule has 3 N–H and O–H groups in total. The summed E-state index contributed by atoms with van der Waals surface area (Å²) in [5.74, 6) is -0.126. The van der Waals surface area contributed by atoms with Gasteiger partial charge in [0.2, 0.25) is 0 Å². The zero-order valence-corrected chi connectivity index (χ0v) is 12.1. The van der Waals surface area contributed by atoms with Crippen molar-refractivity contribution in [3.63, 3.8) is 0 Å². The Bertz CT molecular complexity index is 567. The summed E-state index contributed by atoms with van der Waals surface area (Å²) in [5, 5.41) is 2.90. The number of rotatable bonds is 6. The molecule has 4 nitrogen and oxygen atoms in total. The summed E-state index contributed by atoms with van der Waals surface area (Å²) >= 11 is 0. The average Bonchev–Trinajstić information content (AvgIpc) is 2.51. The summed E-state index contributed by atoms with van der Waals surface area (Å²) in [7, 11) is 1.54. The summed E-state index contributed by atoms with van der Waals surface area (Å²) < 4.78 is 5.29. The maximum absolute atomic E-state index is 12.2. The number of nitrogens with one attached hydrogen (secondary N) is 1. The van der Waals surface area contributed by atoms with Crippen molar-refractivity contribution in [1.82, 2.24) is 5.32 Å². The molecule has 110 valence electrons. The summed E-state index contributed by atoms with van der Waals surface area (Å²) in [6.07, 6.45) is 0.190. The first-order valence-electron chi connectivity index (χ1n) is 6.90. The van der Waals surface area contributed by atoms with E-state index < -0.39 is 6.10 Å². The monoisotopic (exact) mass is 284 g/mol. The van der Waals surface area contributed by atoms with Gasteiger partial charge in [-0.1, -0.05) is 42.5 Å². The molecule has 1 unspecified atom stereocenters. The van der Waals surface area contributed by atoms with Crippen molar-refractivity contribution in [2.24, 2.45) is 0 Å². The third-order valence-electron chi connectivity index (χ3n) is 3.27. The number of hydrogen-bond acceptors (Lipinski definition) is 3. The molecule has 0 saturated carbocycles. The van der Waals surface area contributed by atoms with E-state index >= 15 is 0 Å².